The molecule has 0 radical (unpaired) electrons. The highest BCUT2D eigenvalue weighted by Crippen LogP contribution is 2.29. The van der Waals surface area contributed by atoms with Gasteiger partial charge in [-0.15, -0.1) is 11.3 Å². The van der Waals surface area contributed by atoms with Gasteiger partial charge in [-0.2, -0.15) is 4.37 Å². The average Bonchev–Trinajstić information content (AvgIpc) is 3.18. The van der Waals surface area contributed by atoms with Crippen LogP contribution in [-0.4, -0.2) is 44.5 Å². The van der Waals surface area contributed by atoms with Gasteiger partial charge in [-0.25, -0.2) is 14.8 Å². The first-order valence-electron chi connectivity index (χ1n) is 8.29. The number of likely N-dealkylation sites (tertiary alicyclic amines) is 1. The van der Waals surface area contributed by atoms with Gasteiger partial charge in [0.15, 0.2) is 0 Å². The van der Waals surface area contributed by atoms with Crippen molar-refractivity contribution in [1.82, 2.24) is 19.2 Å². The second-order valence-corrected chi connectivity index (χ2v) is 8.84. The Bertz CT molecular complexity index is 940. The Labute approximate surface area is 159 Å². The van der Waals surface area contributed by atoms with Crippen molar-refractivity contribution in [3.63, 3.8) is 0 Å². The molecule has 26 heavy (non-hydrogen) atoms. The monoisotopic (exact) mass is 389 g/mol. The summed E-state index contributed by atoms with van der Waals surface area (Å²) in [5.74, 6) is 1.51. The molecule has 0 bridgehead atoms. The number of carbonyl (C=O) groups excluding carboxylic acids is 1. The van der Waals surface area contributed by atoms with E-state index < -0.39 is 0 Å². The lowest BCUT2D eigenvalue weighted by Gasteiger charge is -2.38. The molecule has 1 aromatic carbocycles. The van der Waals surface area contributed by atoms with Crippen molar-refractivity contribution >= 4 is 44.2 Å². The number of aromatic nitrogens is 3. The van der Waals surface area contributed by atoms with E-state index in [1.54, 1.807) is 16.2 Å². The summed E-state index contributed by atoms with van der Waals surface area (Å²) in [4.78, 5) is 22.7. The van der Waals surface area contributed by atoms with Gasteiger partial charge in [0.2, 0.25) is 5.13 Å². The van der Waals surface area contributed by atoms with Gasteiger partial charge in [0.1, 0.15) is 23.2 Å². The number of carbonyl (C=O) groups is 1. The maximum atomic E-state index is 12.3. The standard InChI is InChI=1S/C17H19N5O2S2/c1-17(2,3)14-19-15(26-21-14)20-16(23)22-7-10(8-22)24-11-5-4-6-12-13(11)18-9-25-12/h4-6,9-10H,7-8H2,1-3H3,(H,19,20,21,23). The van der Waals surface area contributed by atoms with Crippen LogP contribution in [0.1, 0.15) is 26.6 Å². The van der Waals surface area contributed by atoms with Gasteiger partial charge in [0.05, 0.1) is 23.3 Å². The number of anilines is 1. The van der Waals surface area contributed by atoms with Crippen LogP contribution in [0, 0.1) is 0 Å². The molecule has 1 aliphatic rings. The van der Waals surface area contributed by atoms with Gasteiger partial charge >= 0.3 is 6.03 Å². The van der Waals surface area contributed by atoms with Crippen molar-refractivity contribution in [1.29, 1.82) is 0 Å². The molecule has 2 aromatic heterocycles. The van der Waals surface area contributed by atoms with Crippen molar-refractivity contribution in [2.45, 2.75) is 32.3 Å². The summed E-state index contributed by atoms with van der Waals surface area (Å²) in [5.41, 5.74) is 2.56. The maximum absolute atomic E-state index is 12.3. The van der Waals surface area contributed by atoms with Crippen LogP contribution in [0.25, 0.3) is 10.2 Å². The lowest BCUT2D eigenvalue weighted by molar-refractivity contribution is 0.0502. The Balaban J connectivity index is 1.32. The Hall–Kier alpha value is -2.26. The molecule has 7 nitrogen and oxygen atoms in total. The first-order valence-corrected chi connectivity index (χ1v) is 9.94. The number of thiazole rings is 1. The molecule has 3 aromatic rings. The predicted octanol–water partition coefficient (Wildman–Crippen LogP) is 3.74. The number of hydrogen-bond donors (Lipinski definition) is 1. The van der Waals surface area contributed by atoms with E-state index in [1.807, 2.05) is 44.5 Å². The van der Waals surface area contributed by atoms with E-state index in [9.17, 15) is 4.79 Å². The largest absolute Gasteiger partial charge is 0.484 e. The van der Waals surface area contributed by atoms with Crippen LogP contribution < -0.4 is 10.1 Å². The normalized spacial score (nSPS) is 15.1. The van der Waals surface area contributed by atoms with E-state index in [-0.39, 0.29) is 17.6 Å². The molecule has 1 N–H and O–H groups in total. The molecule has 0 spiro atoms. The first-order chi connectivity index (χ1) is 12.4. The molecular weight excluding hydrogens is 370 g/mol. The molecular formula is C17H19N5O2S2. The Kier molecular flexibility index (Phi) is 4.28. The minimum atomic E-state index is -0.173. The van der Waals surface area contributed by atoms with Crippen molar-refractivity contribution < 1.29 is 9.53 Å². The molecule has 1 saturated heterocycles. The summed E-state index contributed by atoms with van der Waals surface area (Å²) >= 11 is 2.79. The maximum Gasteiger partial charge on any atom is 0.323 e. The smallest absolute Gasteiger partial charge is 0.323 e. The zero-order valence-electron chi connectivity index (χ0n) is 14.7. The molecule has 2 amide bonds. The number of benzene rings is 1. The molecule has 0 saturated carbocycles. The fourth-order valence-electron chi connectivity index (χ4n) is 2.56. The molecule has 1 fully saturated rings. The third-order valence-corrected chi connectivity index (χ3v) is 5.49. The number of nitrogens with one attached hydrogen (secondary N) is 1. The van der Waals surface area contributed by atoms with Crippen LogP contribution in [0.5, 0.6) is 5.75 Å². The Morgan fingerprint density at radius 1 is 1.35 bits per heavy atom. The number of hydrogen-bond acceptors (Lipinski definition) is 7. The van der Waals surface area contributed by atoms with E-state index in [0.29, 0.717) is 18.2 Å². The van der Waals surface area contributed by atoms with Crippen LogP contribution in [0.15, 0.2) is 23.7 Å². The summed E-state index contributed by atoms with van der Waals surface area (Å²) in [5, 5.41) is 3.34. The highest BCUT2D eigenvalue weighted by Gasteiger charge is 2.33. The van der Waals surface area contributed by atoms with Crippen molar-refractivity contribution in [2.24, 2.45) is 0 Å². The summed E-state index contributed by atoms with van der Waals surface area (Å²) in [6.45, 7) is 7.21. The fourth-order valence-corrected chi connectivity index (χ4v) is 4.00. The van der Waals surface area contributed by atoms with Gasteiger partial charge in [-0.1, -0.05) is 26.8 Å². The number of rotatable bonds is 3. The molecule has 1 aliphatic heterocycles. The number of para-hydroxylation sites is 1. The predicted molar refractivity (Wildman–Crippen MR) is 103 cm³/mol. The number of urea groups is 1. The molecule has 0 atom stereocenters. The Morgan fingerprint density at radius 3 is 2.88 bits per heavy atom. The van der Waals surface area contributed by atoms with Gasteiger partial charge in [0.25, 0.3) is 0 Å². The summed E-state index contributed by atoms with van der Waals surface area (Å²) in [7, 11) is 0. The van der Waals surface area contributed by atoms with Crippen LogP contribution >= 0.6 is 22.9 Å². The number of nitrogens with zero attached hydrogens (tertiary/aromatic N) is 4. The molecule has 3 heterocycles. The van der Waals surface area contributed by atoms with Crippen molar-refractivity contribution in [3.8, 4) is 5.75 Å². The third kappa shape index (κ3) is 3.36. The molecule has 0 aliphatic carbocycles. The van der Waals surface area contributed by atoms with Gasteiger partial charge < -0.3 is 9.64 Å². The highest BCUT2D eigenvalue weighted by atomic mass is 32.1. The average molecular weight is 390 g/mol. The van der Waals surface area contributed by atoms with Crippen LogP contribution in [0.2, 0.25) is 0 Å². The van der Waals surface area contributed by atoms with E-state index in [0.717, 1.165) is 21.8 Å². The summed E-state index contributed by atoms with van der Waals surface area (Å²) in [6, 6.07) is 5.73. The fraction of sp³-hybridized carbons (Fsp3) is 0.412. The van der Waals surface area contributed by atoms with Crippen LogP contribution in [-0.2, 0) is 5.41 Å². The van der Waals surface area contributed by atoms with Crippen LogP contribution in [0.3, 0.4) is 0 Å². The molecule has 9 heteroatoms. The summed E-state index contributed by atoms with van der Waals surface area (Å²) in [6.07, 6.45) is -0.0207. The second kappa shape index (κ2) is 6.48. The zero-order chi connectivity index (χ0) is 18.3. The zero-order valence-corrected chi connectivity index (χ0v) is 16.4. The Morgan fingerprint density at radius 2 is 2.15 bits per heavy atom. The SMILES string of the molecule is CC(C)(C)c1nsc(NC(=O)N2CC(Oc3cccc4scnc34)C2)n1. The summed E-state index contributed by atoms with van der Waals surface area (Å²) < 4.78 is 11.4. The van der Waals surface area contributed by atoms with E-state index in [1.165, 1.54) is 11.5 Å². The van der Waals surface area contributed by atoms with Gasteiger partial charge in [0, 0.05) is 16.9 Å². The van der Waals surface area contributed by atoms with Crippen LogP contribution in [0.4, 0.5) is 9.93 Å². The number of fused-ring (bicyclic) bond motifs is 1. The third-order valence-electron chi connectivity index (χ3n) is 4.06. The molecule has 136 valence electrons. The lowest BCUT2D eigenvalue weighted by atomic mass is 9.96. The highest BCUT2D eigenvalue weighted by molar-refractivity contribution is 7.16. The van der Waals surface area contributed by atoms with Gasteiger partial charge in [-0.3, -0.25) is 5.32 Å². The molecule has 4 rings (SSSR count). The van der Waals surface area contributed by atoms with E-state index >= 15 is 0 Å². The minimum absolute atomic E-state index is 0.0207. The van der Waals surface area contributed by atoms with Crippen molar-refractivity contribution in [2.75, 3.05) is 18.4 Å². The quantitative estimate of drug-likeness (QED) is 0.738. The minimum Gasteiger partial charge on any atom is -0.484 e. The van der Waals surface area contributed by atoms with Crippen molar-refractivity contribution in [3.05, 3.63) is 29.5 Å². The lowest BCUT2D eigenvalue weighted by Crippen LogP contribution is -2.57. The second-order valence-electron chi connectivity index (χ2n) is 7.20. The first kappa shape index (κ1) is 17.2. The number of amides is 2. The van der Waals surface area contributed by atoms with Gasteiger partial charge in [-0.05, 0) is 12.1 Å². The molecule has 0 unspecified atom stereocenters. The topological polar surface area (TPSA) is 80.2 Å². The number of ether oxygens (including phenoxy) is 1. The van der Waals surface area contributed by atoms with E-state index in [2.05, 4.69) is 19.7 Å². The van der Waals surface area contributed by atoms with E-state index in [4.69, 9.17) is 4.74 Å².